The molecule has 3 aliphatic rings. The van der Waals surface area contributed by atoms with Gasteiger partial charge in [0.1, 0.15) is 29.9 Å². The van der Waals surface area contributed by atoms with E-state index in [4.69, 9.17) is 19.9 Å². The van der Waals surface area contributed by atoms with Crippen LogP contribution in [0.5, 0.6) is 5.75 Å². The molecule has 7 heteroatoms. The molecular formula is C20H20FN3O3. The van der Waals surface area contributed by atoms with Gasteiger partial charge in [0, 0.05) is 23.9 Å². The van der Waals surface area contributed by atoms with E-state index in [1.54, 1.807) is 6.20 Å². The van der Waals surface area contributed by atoms with Crippen molar-refractivity contribution in [2.24, 2.45) is 10.7 Å². The predicted molar refractivity (Wildman–Crippen MR) is 96.9 cm³/mol. The van der Waals surface area contributed by atoms with Crippen molar-refractivity contribution in [1.29, 1.82) is 0 Å². The zero-order valence-corrected chi connectivity index (χ0v) is 14.9. The van der Waals surface area contributed by atoms with Gasteiger partial charge in [-0.15, -0.1) is 0 Å². The number of pyridine rings is 1. The Balaban J connectivity index is 1.70. The number of nitrogens with zero attached hydrogens (tertiary/aromatic N) is 2. The molecule has 0 radical (unpaired) electrons. The van der Waals surface area contributed by atoms with Gasteiger partial charge in [-0.25, -0.2) is 9.38 Å². The highest BCUT2D eigenvalue weighted by Gasteiger charge is 2.60. The van der Waals surface area contributed by atoms with Gasteiger partial charge in [0.15, 0.2) is 5.54 Å². The Hall–Kier alpha value is -2.67. The van der Waals surface area contributed by atoms with Crippen LogP contribution in [0.2, 0.25) is 0 Å². The van der Waals surface area contributed by atoms with Crippen LogP contribution in [0.3, 0.4) is 0 Å². The maximum atomic E-state index is 13.6. The first-order valence-electron chi connectivity index (χ1n) is 9.04. The van der Waals surface area contributed by atoms with E-state index in [0.29, 0.717) is 18.8 Å². The largest absolute Gasteiger partial charge is 0.484 e. The second-order valence-electron chi connectivity index (χ2n) is 7.53. The van der Waals surface area contributed by atoms with Crippen molar-refractivity contribution in [2.45, 2.75) is 37.0 Å². The summed E-state index contributed by atoms with van der Waals surface area (Å²) in [5, 5.41) is 0. The summed E-state index contributed by atoms with van der Waals surface area (Å²) in [6, 6.07) is 7.36. The number of hydrogen-bond acceptors (Lipinski definition) is 6. The second kappa shape index (κ2) is 5.66. The van der Waals surface area contributed by atoms with Gasteiger partial charge in [-0.05, 0) is 43.5 Å². The average molecular weight is 369 g/mol. The summed E-state index contributed by atoms with van der Waals surface area (Å²) in [6.45, 7) is 2.99. The molecule has 4 heterocycles. The molecule has 2 aromatic rings. The van der Waals surface area contributed by atoms with Crippen LogP contribution in [0.25, 0.3) is 11.1 Å². The number of amidine groups is 1. The van der Waals surface area contributed by atoms with Crippen LogP contribution in [0, 0.1) is 5.82 Å². The quantitative estimate of drug-likeness (QED) is 0.836. The zero-order valence-electron chi connectivity index (χ0n) is 14.9. The first-order valence-corrected chi connectivity index (χ1v) is 9.04. The van der Waals surface area contributed by atoms with Crippen molar-refractivity contribution in [3.05, 3.63) is 48.0 Å². The Bertz CT molecular complexity index is 950. The number of fused-ring (bicyclic) bond motifs is 4. The van der Waals surface area contributed by atoms with Gasteiger partial charge in [0.2, 0.25) is 0 Å². The maximum absolute atomic E-state index is 13.6. The summed E-state index contributed by atoms with van der Waals surface area (Å²) in [5.74, 6) is 0.347. The number of benzene rings is 1. The number of hydrogen-bond donors (Lipinski definition) is 1. The predicted octanol–water partition coefficient (Wildman–Crippen LogP) is 2.76. The molecule has 3 atom stereocenters. The molecule has 0 amide bonds. The molecule has 0 bridgehead atoms. The molecule has 5 rings (SSSR count). The number of aliphatic imine (C=N–C) groups is 1. The van der Waals surface area contributed by atoms with Gasteiger partial charge < -0.3 is 19.9 Å². The maximum Gasteiger partial charge on any atom is 0.283 e. The van der Waals surface area contributed by atoms with Crippen LogP contribution < -0.4 is 10.5 Å². The van der Waals surface area contributed by atoms with Gasteiger partial charge >= 0.3 is 0 Å². The molecule has 0 aliphatic carbocycles. The van der Waals surface area contributed by atoms with E-state index in [1.807, 2.05) is 18.2 Å². The molecule has 1 aromatic heterocycles. The lowest BCUT2D eigenvalue weighted by Crippen LogP contribution is -2.62. The third-order valence-electron chi connectivity index (χ3n) is 5.67. The van der Waals surface area contributed by atoms with E-state index in [0.717, 1.165) is 29.7 Å². The Morgan fingerprint density at radius 1 is 1.22 bits per heavy atom. The molecular weight excluding hydrogens is 349 g/mol. The second-order valence-corrected chi connectivity index (χ2v) is 7.53. The fourth-order valence-corrected chi connectivity index (χ4v) is 4.50. The third-order valence-corrected chi connectivity index (χ3v) is 5.67. The van der Waals surface area contributed by atoms with Crippen LogP contribution >= 0.6 is 0 Å². The van der Waals surface area contributed by atoms with E-state index >= 15 is 0 Å². The fraction of sp³-hybridized carbons (Fsp3) is 0.400. The zero-order chi connectivity index (χ0) is 18.6. The fourth-order valence-electron chi connectivity index (χ4n) is 4.50. The summed E-state index contributed by atoms with van der Waals surface area (Å²) in [5.41, 5.74) is 6.97. The summed E-state index contributed by atoms with van der Waals surface area (Å²) < 4.78 is 31.8. The highest BCUT2D eigenvalue weighted by Crippen LogP contribution is 2.52. The summed E-state index contributed by atoms with van der Waals surface area (Å²) in [6.07, 6.45) is 4.29. The van der Waals surface area contributed by atoms with Gasteiger partial charge in [-0.1, -0.05) is 6.07 Å². The van der Waals surface area contributed by atoms with Crippen molar-refractivity contribution in [2.75, 3.05) is 13.2 Å². The Morgan fingerprint density at radius 2 is 2.11 bits per heavy atom. The monoisotopic (exact) mass is 369 g/mol. The highest BCUT2D eigenvalue weighted by atomic mass is 19.1. The topological polar surface area (TPSA) is 79.0 Å². The first-order chi connectivity index (χ1) is 13.0. The van der Waals surface area contributed by atoms with E-state index in [2.05, 4.69) is 16.9 Å². The third kappa shape index (κ3) is 2.41. The molecule has 1 saturated heterocycles. The smallest absolute Gasteiger partial charge is 0.283 e. The number of aromatic nitrogens is 1. The van der Waals surface area contributed by atoms with E-state index in [-0.39, 0.29) is 17.9 Å². The summed E-state index contributed by atoms with van der Waals surface area (Å²) in [4.78, 5) is 8.63. The van der Waals surface area contributed by atoms with Crippen LogP contribution in [0.1, 0.15) is 25.3 Å². The van der Waals surface area contributed by atoms with Crippen LogP contribution in [-0.2, 0) is 15.0 Å². The normalized spacial score (nSPS) is 31.5. The lowest BCUT2D eigenvalue weighted by atomic mass is 9.72. The molecule has 140 valence electrons. The highest BCUT2D eigenvalue weighted by molar-refractivity contribution is 5.75. The standard InChI is InChI=1S/C20H20FN3O3/c1-19-5-2-6-25-17(19)20(11-26-18(22)24-20)15-8-12(3-4-16(15)27-19)13-7-14(21)10-23-9-13/h3-4,7-10,17H,2,5-6,11H2,1H3,(H2,22,24)/t17-,19-,20-/m0/s1. The molecule has 0 unspecified atom stereocenters. The molecule has 2 N–H and O–H groups in total. The number of rotatable bonds is 1. The number of ether oxygens (including phenoxy) is 3. The summed E-state index contributed by atoms with van der Waals surface area (Å²) >= 11 is 0. The van der Waals surface area contributed by atoms with Crippen molar-refractivity contribution in [3.63, 3.8) is 0 Å². The minimum absolute atomic E-state index is 0.150. The van der Waals surface area contributed by atoms with E-state index in [1.165, 1.54) is 12.3 Å². The number of halogens is 1. The molecule has 1 aromatic carbocycles. The molecule has 0 saturated carbocycles. The Morgan fingerprint density at radius 3 is 2.89 bits per heavy atom. The molecule has 3 aliphatic heterocycles. The SMILES string of the molecule is C[C@]12CCCO[C@@H]1[C@]1(COC(N)=N1)c1cc(-c3cncc(F)c3)ccc1O2. The van der Waals surface area contributed by atoms with Crippen LogP contribution in [0.4, 0.5) is 4.39 Å². The Kier molecular flexibility index (Phi) is 3.46. The average Bonchev–Trinajstić information content (AvgIpc) is 3.04. The van der Waals surface area contributed by atoms with Gasteiger partial charge in [-0.2, -0.15) is 0 Å². The van der Waals surface area contributed by atoms with E-state index in [9.17, 15) is 4.39 Å². The molecule has 1 fully saturated rings. The molecule has 1 spiro atoms. The molecule has 6 nitrogen and oxygen atoms in total. The number of nitrogens with two attached hydrogens (primary N) is 1. The first kappa shape index (κ1) is 16.5. The van der Waals surface area contributed by atoms with Crippen molar-refractivity contribution >= 4 is 6.02 Å². The van der Waals surface area contributed by atoms with Crippen LogP contribution in [0.15, 0.2) is 41.7 Å². The van der Waals surface area contributed by atoms with Crippen molar-refractivity contribution in [1.82, 2.24) is 4.98 Å². The minimum atomic E-state index is -0.774. The van der Waals surface area contributed by atoms with Crippen molar-refractivity contribution in [3.8, 4) is 16.9 Å². The minimum Gasteiger partial charge on any atom is -0.484 e. The Labute approximate surface area is 156 Å². The lowest BCUT2D eigenvalue weighted by Gasteiger charge is -2.51. The van der Waals surface area contributed by atoms with Crippen LogP contribution in [-0.4, -0.2) is 35.9 Å². The van der Waals surface area contributed by atoms with E-state index < -0.39 is 11.1 Å². The summed E-state index contributed by atoms with van der Waals surface area (Å²) in [7, 11) is 0. The van der Waals surface area contributed by atoms with Gasteiger partial charge in [0.05, 0.1) is 6.20 Å². The van der Waals surface area contributed by atoms with Gasteiger partial charge in [0.25, 0.3) is 6.02 Å². The van der Waals surface area contributed by atoms with Crippen molar-refractivity contribution < 1.29 is 18.6 Å². The molecule has 27 heavy (non-hydrogen) atoms. The van der Waals surface area contributed by atoms with Gasteiger partial charge in [-0.3, -0.25) is 4.98 Å². The lowest BCUT2D eigenvalue weighted by molar-refractivity contribution is -0.167.